The van der Waals surface area contributed by atoms with Gasteiger partial charge in [0.05, 0.1) is 25.0 Å². The molecule has 28 heavy (non-hydrogen) atoms. The number of carbonyl (C=O) groups excluding carboxylic acids is 1. The zero-order chi connectivity index (χ0) is 19.9. The van der Waals surface area contributed by atoms with Crippen LogP contribution in [0.15, 0.2) is 59.5 Å². The molecule has 0 fully saturated rings. The first-order valence-electron chi connectivity index (χ1n) is 8.74. The Balaban J connectivity index is 1.62. The number of sulfonamides is 1. The molecule has 6 nitrogen and oxygen atoms in total. The van der Waals surface area contributed by atoms with Crippen LogP contribution in [0.1, 0.15) is 17.0 Å². The Bertz CT molecular complexity index is 1180. The fourth-order valence-electron chi connectivity index (χ4n) is 3.65. The maximum absolute atomic E-state index is 12.9. The van der Waals surface area contributed by atoms with E-state index < -0.39 is 21.8 Å². The Morgan fingerprint density at radius 2 is 1.75 bits per heavy atom. The van der Waals surface area contributed by atoms with Crippen LogP contribution in [0.5, 0.6) is 11.5 Å². The van der Waals surface area contributed by atoms with Crippen molar-refractivity contribution in [2.24, 2.45) is 0 Å². The molecule has 1 N–H and O–H groups in total. The van der Waals surface area contributed by atoms with E-state index in [2.05, 4.69) is 4.72 Å². The molecule has 1 unspecified atom stereocenters. The molecule has 3 aromatic rings. The van der Waals surface area contributed by atoms with E-state index in [4.69, 9.17) is 9.47 Å². The van der Waals surface area contributed by atoms with Crippen molar-refractivity contribution in [3.05, 3.63) is 65.7 Å². The predicted octanol–water partition coefficient (Wildman–Crippen LogP) is 3.00. The first-order valence-corrected chi connectivity index (χ1v) is 10.2. The van der Waals surface area contributed by atoms with Crippen molar-refractivity contribution >= 4 is 26.7 Å². The fourth-order valence-corrected chi connectivity index (χ4v) is 4.90. The zero-order valence-electron chi connectivity index (χ0n) is 15.4. The van der Waals surface area contributed by atoms with Crippen LogP contribution in [-0.4, -0.2) is 28.5 Å². The number of rotatable bonds is 5. The van der Waals surface area contributed by atoms with Gasteiger partial charge in [-0.05, 0) is 29.5 Å². The van der Waals surface area contributed by atoms with E-state index in [-0.39, 0.29) is 4.90 Å². The molecular weight excluding hydrogens is 378 g/mol. The molecule has 0 aliphatic heterocycles. The summed E-state index contributed by atoms with van der Waals surface area (Å²) in [5.41, 5.74) is 1.62. The van der Waals surface area contributed by atoms with Crippen LogP contribution in [0.25, 0.3) is 10.8 Å². The molecule has 1 aliphatic rings. The topological polar surface area (TPSA) is 81.7 Å². The number of carbonyl (C=O) groups is 1. The number of benzene rings is 3. The number of methoxy groups -OCH3 is 2. The minimum atomic E-state index is -3.99. The lowest BCUT2D eigenvalue weighted by atomic mass is 9.76. The van der Waals surface area contributed by atoms with Gasteiger partial charge in [0.25, 0.3) is 10.0 Å². The SMILES string of the molecule is COc1ccc2c(c1OC)CC2C(=O)NS(=O)(=O)c1cccc2ccccc12. The van der Waals surface area contributed by atoms with Gasteiger partial charge in [0.1, 0.15) is 0 Å². The maximum Gasteiger partial charge on any atom is 0.264 e. The fraction of sp³-hybridized carbons (Fsp3) is 0.190. The molecule has 0 bridgehead atoms. The molecule has 0 aromatic heterocycles. The molecular formula is C21H19NO5S. The van der Waals surface area contributed by atoms with Gasteiger partial charge in [-0.15, -0.1) is 0 Å². The third-order valence-electron chi connectivity index (χ3n) is 5.06. The van der Waals surface area contributed by atoms with Crippen molar-refractivity contribution in [2.45, 2.75) is 17.2 Å². The van der Waals surface area contributed by atoms with Gasteiger partial charge >= 0.3 is 0 Å². The van der Waals surface area contributed by atoms with E-state index in [1.165, 1.54) is 13.2 Å². The van der Waals surface area contributed by atoms with E-state index in [0.717, 1.165) is 16.5 Å². The first-order chi connectivity index (χ1) is 13.5. The molecule has 0 saturated carbocycles. The summed E-state index contributed by atoms with van der Waals surface area (Å²) < 4.78 is 38.6. The number of fused-ring (bicyclic) bond motifs is 2. The smallest absolute Gasteiger partial charge is 0.264 e. The van der Waals surface area contributed by atoms with Crippen molar-refractivity contribution in [1.29, 1.82) is 0 Å². The molecule has 144 valence electrons. The van der Waals surface area contributed by atoms with E-state index in [1.807, 2.05) is 18.2 Å². The minimum Gasteiger partial charge on any atom is -0.493 e. The third kappa shape index (κ3) is 2.88. The second-order valence-electron chi connectivity index (χ2n) is 6.57. The number of hydrogen-bond donors (Lipinski definition) is 1. The largest absolute Gasteiger partial charge is 0.493 e. The lowest BCUT2D eigenvalue weighted by molar-refractivity contribution is -0.121. The molecule has 0 spiro atoms. The highest BCUT2D eigenvalue weighted by atomic mass is 32.2. The molecule has 0 radical (unpaired) electrons. The van der Waals surface area contributed by atoms with Crippen molar-refractivity contribution in [3.8, 4) is 11.5 Å². The Hall–Kier alpha value is -3.06. The Labute approximate surface area is 163 Å². The molecule has 4 rings (SSSR count). The van der Waals surface area contributed by atoms with Crippen molar-refractivity contribution in [2.75, 3.05) is 14.2 Å². The summed E-state index contributed by atoms with van der Waals surface area (Å²) in [5, 5.41) is 1.37. The molecule has 7 heteroatoms. The van der Waals surface area contributed by atoms with Crippen LogP contribution < -0.4 is 14.2 Å². The van der Waals surface area contributed by atoms with Crippen molar-refractivity contribution < 1.29 is 22.7 Å². The summed E-state index contributed by atoms with van der Waals surface area (Å²) in [7, 11) is -0.910. The number of nitrogens with one attached hydrogen (secondary N) is 1. The van der Waals surface area contributed by atoms with Gasteiger partial charge in [0.15, 0.2) is 11.5 Å². The molecule has 0 heterocycles. The molecule has 3 aromatic carbocycles. The van der Waals surface area contributed by atoms with Gasteiger partial charge in [-0.2, -0.15) is 0 Å². The second kappa shape index (κ2) is 6.83. The van der Waals surface area contributed by atoms with Gasteiger partial charge in [0.2, 0.25) is 5.91 Å². The zero-order valence-corrected chi connectivity index (χ0v) is 16.2. The third-order valence-corrected chi connectivity index (χ3v) is 6.46. The molecule has 0 saturated heterocycles. The highest BCUT2D eigenvalue weighted by Crippen LogP contribution is 2.45. The molecule has 1 amide bonds. The lowest BCUT2D eigenvalue weighted by Crippen LogP contribution is -2.39. The highest BCUT2D eigenvalue weighted by Gasteiger charge is 2.38. The van der Waals surface area contributed by atoms with Gasteiger partial charge in [-0.1, -0.05) is 42.5 Å². The highest BCUT2D eigenvalue weighted by molar-refractivity contribution is 7.90. The monoisotopic (exact) mass is 397 g/mol. The Kier molecular flexibility index (Phi) is 4.47. The van der Waals surface area contributed by atoms with Crippen LogP contribution in [0.4, 0.5) is 0 Å². The minimum absolute atomic E-state index is 0.0887. The quantitative estimate of drug-likeness (QED) is 0.716. The Morgan fingerprint density at radius 1 is 1.00 bits per heavy atom. The van der Waals surface area contributed by atoms with Crippen LogP contribution in [0.2, 0.25) is 0 Å². The van der Waals surface area contributed by atoms with Crippen molar-refractivity contribution in [3.63, 3.8) is 0 Å². The summed E-state index contributed by atoms with van der Waals surface area (Å²) in [6, 6.07) is 15.7. The second-order valence-corrected chi connectivity index (χ2v) is 8.22. The number of amides is 1. The lowest BCUT2D eigenvalue weighted by Gasteiger charge is -2.31. The average Bonchev–Trinajstić information content (AvgIpc) is 2.67. The van der Waals surface area contributed by atoms with E-state index in [1.54, 1.807) is 37.4 Å². The number of hydrogen-bond acceptors (Lipinski definition) is 5. The van der Waals surface area contributed by atoms with Gasteiger partial charge in [-0.3, -0.25) is 4.79 Å². The summed E-state index contributed by atoms with van der Waals surface area (Å²) in [4.78, 5) is 12.8. The summed E-state index contributed by atoms with van der Waals surface area (Å²) in [5.74, 6) is 0.0802. The summed E-state index contributed by atoms with van der Waals surface area (Å²) >= 11 is 0. The summed E-state index contributed by atoms with van der Waals surface area (Å²) in [6.45, 7) is 0. The van der Waals surface area contributed by atoms with E-state index in [0.29, 0.717) is 23.3 Å². The molecule has 1 atom stereocenters. The van der Waals surface area contributed by atoms with Crippen LogP contribution >= 0.6 is 0 Å². The Morgan fingerprint density at radius 3 is 2.50 bits per heavy atom. The summed E-state index contributed by atoms with van der Waals surface area (Å²) in [6.07, 6.45) is 0.395. The van der Waals surface area contributed by atoms with Gasteiger partial charge < -0.3 is 9.47 Å². The van der Waals surface area contributed by atoms with Crippen LogP contribution in [-0.2, 0) is 21.2 Å². The normalized spacial score (nSPS) is 15.4. The first kappa shape index (κ1) is 18.3. The van der Waals surface area contributed by atoms with Crippen molar-refractivity contribution in [1.82, 2.24) is 4.72 Å². The van der Waals surface area contributed by atoms with Gasteiger partial charge in [-0.25, -0.2) is 13.1 Å². The van der Waals surface area contributed by atoms with Crippen LogP contribution in [0.3, 0.4) is 0 Å². The van der Waals surface area contributed by atoms with E-state index in [9.17, 15) is 13.2 Å². The standard InChI is InChI=1S/C21H19NO5S/c1-26-18-11-10-15-16(20(18)27-2)12-17(15)21(23)22-28(24,25)19-9-5-7-13-6-3-4-8-14(13)19/h3-11,17H,12H2,1-2H3,(H,22,23). The van der Waals surface area contributed by atoms with E-state index >= 15 is 0 Å². The van der Waals surface area contributed by atoms with Crippen LogP contribution in [0, 0.1) is 0 Å². The maximum atomic E-state index is 12.9. The predicted molar refractivity (Wildman–Crippen MR) is 105 cm³/mol. The number of ether oxygens (including phenoxy) is 2. The molecule has 1 aliphatic carbocycles. The van der Waals surface area contributed by atoms with Gasteiger partial charge in [0, 0.05) is 10.9 Å². The average molecular weight is 397 g/mol.